The summed E-state index contributed by atoms with van der Waals surface area (Å²) in [5.41, 5.74) is 6.55. The van der Waals surface area contributed by atoms with Crippen molar-refractivity contribution < 1.29 is 5.11 Å². The molecule has 2 N–H and O–H groups in total. The predicted molar refractivity (Wildman–Crippen MR) is 123 cm³/mol. The molecular weight excluding hydrogens is 372 g/mol. The highest BCUT2D eigenvalue weighted by Gasteiger charge is 2.16. The van der Waals surface area contributed by atoms with Crippen molar-refractivity contribution in [3.05, 3.63) is 66.7 Å². The Morgan fingerprint density at radius 1 is 0.833 bits per heavy atom. The summed E-state index contributed by atoms with van der Waals surface area (Å²) >= 11 is 0. The van der Waals surface area contributed by atoms with Crippen LogP contribution in [0.1, 0.15) is 6.92 Å². The third-order valence-electron chi connectivity index (χ3n) is 6.09. The normalized spacial score (nSPS) is 15.0. The summed E-state index contributed by atoms with van der Waals surface area (Å²) in [6.07, 6.45) is 0. The van der Waals surface area contributed by atoms with Gasteiger partial charge in [0.1, 0.15) is 5.75 Å². The Bertz CT molecular complexity index is 1140. The molecule has 0 unspecified atom stereocenters. The van der Waals surface area contributed by atoms with E-state index in [0.29, 0.717) is 0 Å². The van der Waals surface area contributed by atoms with Crippen molar-refractivity contribution in [3.63, 3.8) is 0 Å². The van der Waals surface area contributed by atoms with E-state index in [9.17, 15) is 5.11 Å². The van der Waals surface area contributed by atoms with Crippen LogP contribution in [0.25, 0.3) is 33.3 Å². The first-order chi connectivity index (χ1) is 14.7. The van der Waals surface area contributed by atoms with Gasteiger partial charge in [0, 0.05) is 42.8 Å². The molecule has 30 heavy (non-hydrogen) atoms. The van der Waals surface area contributed by atoms with E-state index in [-0.39, 0.29) is 5.75 Å². The van der Waals surface area contributed by atoms with Crippen LogP contribution in [0.3, 0.4) is 0 Å². The molecule has 5 nitrogen and oxygen atoms in total. The molecule has 0 amide bonds. The summed E-state index contributed by atoms with van der Waals surface area (Å²) in [5.74, 6) is 0.277. The van der Waals surface area contributed by atoms with Crippen LogP contribution >= 0.6 is 0 Å². The minimum Gasteiger partial charge on any atom is -0.508 e. The van der Waals surface area contributed by atoms with E-state index in [2.05, 4.69) is 69.4 Å². The predicted octanol–water partition coefficient (Wildman–Crippen LogP) is 4.74. The van der Waals surface area contributed by atoms with Crippen molar-refractivity contribution in [2.24, 2.45) is 0 Å². The highest BCUT2D eigenvalue weighted by atomic mass is 16.3. The number of nitrogens with one attached hydrogen (secondary N) is 1. The quantitative estimate of drug-likeness (QED) is 0.521. The molecule has 1 fully saturated rings. The van der Waals surface area contributed by atoms with E-state index in [1.165, 1.54) is 5.69 Å². The number of anilines is 1. The third kappa shape index (κ3) is 3.53. The standard InChI is InChI=1S/C25H26N4O/c1-2-28-13-15-29(16-14-28)21-8-3-19(4-9-21)25-23-12-7-20(17-24(23)26-27-25)18-5-10-22(30)11-6-18/h3-12,17,30H,2,13-16H2,1H3,(H,26,27). The molecule has 4 aromatic rings. The number of H-pyrrole nitrogens is 1. The van der Waals surface area contributed by atoms with Gasteiger partial charge >= 0.3 is 0 Å². The van der Waals surface area contributed by atoms with E-state index < -0.39 is 0 Å². The molecule has 0 saturated carbocycles. The van der Waals surface area contributed by atoms with Crippen LogP contribution in [0.2, 0.25) is 0 Å². The van der Waals surface area contributed by atoms with Gasteiger partial charge in [-0.2, -0.15) is 5.10 Å². The van der Waals surface area contributed by atoms with E-state index in [4.69, 9.17) is 0 Å². The van der Waals surface area contributed by atoms with Gasteiger partial charge in [-0.05, 0) is 54.1 Å². The molecule has 5 heteroatoms. The molecule has 0 radical (unpaired) electrons. The summed E-state index contributed by atoms with van der Waals surface area (Å²) in [6, 6.07) is 22.4. The number of fused-ring (bicyclic) bond motifs is 1. The number of benzene rings is 3. The number of nitrogens with zero attached hydrogens (tertiary/aromatic N) is 3. The van der Waals surface area contributed by atoms with Crippen LogP contribution in [-0.2, 0) is 0 Å². The van der Waals surface area contributed by atoms with Gasteiger partial charge in [0.15, 0.2) is 0 Å². The number of phenolic OH excluding ortho intramolecular Hbond substituents is 1. The van der Waals surface area contributed by atoms with Gasteiger partial charge in [-0.25, -0.2) is 0 Å². The van der Waals surface area contributed by atoms with Crippen LogP contribution in [0.15, 0.2) is 66.7 Å². The number of aromatic hydroxyl groups is 1. The maximum Gasteiger partial charge on any atom is 0.115 e. The monoisotopic (exact) mass is 398 g/mol. The molecule has 0 atom stereocenters. The van der Waals surface area contributed by atoms with Crippen molar-refractivity contribution >= 4 is 16.6 Å². The Hall–Kier alpha value is -3.31. The Labute approximate surface area is 176 Å². The first-order valence-corrected chi connectivity index (χ1v) is 10.6. The molecule has 152 valence electrons. The number of phenols is 1. The number of rotatable bonds is 4. The van der Waals surface area contributed by atoms with Crippen molar-refractivity contribution in [1.29, 1.82) is 0 Å². The van der Waals surface area contributed by atoms with E-state index >= 15 is 0 Å². The lowest BCUT2D eigenvalue weighted by atomic mass is 10.0. The van der Waals surface area contributed by atoms with E-state index in [0.717, 1.165) is 66.0 Å². The zero-order chi connectivity index (χ0) is 20.5. The van der Waals surface area contributed by atoms with Crippen molar-refractivity contribution in [2.75, 3.05) is 37.6 Å². The van der Waals surface area contributed by atoms with Crippen molar-refractivity contribution in [2.45, 2.75) is 6.92 Å². The van der Waals surface area contributed by atoms with Gasteiger partial charge in [-0.15, -0.1) is 0 Å². The maximum atomic E-state index is 9.51. The highest BCUT2D eigenvalue weighted by molar-refractivity contribution is 5.95. The Kier molecular flexibility index (Phi) is 4.89. The van der Waals surface area contributed by atoms with Gasteiger partial charge in [-0.1, -0.05) is 37.3 Å². The number of aromatic amines is 1. The molecule has 0 aliphatic carbocycles. The van der Waals surface area contributed by atoms with Gasteiger partial charge in [-0.3, -0.25) is 5.10 Å². The lowest BCUT2D eigenvalue weighted by Gasteiger charge is -2.35. The fraction of sp³-hybridized carbons (Fsp3) is 0.240. The second-order valence-electron chi connectivity index (χ2n) is 7.85. The molecular formula is C25H26N4O. The Morgan fingerprint density at radius 2 is 1.50 bits per heavy atom. The lowest BCUT2D eigenvalue weighted by molar-refractivity contribution is 0.271. The molecule has 2 heterocycles. The van der Waals surface area contributed by atoms with Crippen LogP contribution in [0.5, 0.6) is 5.75 Å². The van der Waals surface area contributed by atoms with E-state index in [1.54, 1.807) is 12.1 Å². The third-order valence-corrected chi connectivity index (χ3v) is 6.09. The minimum atomic E-state index is 0.277. The number of aromatic nitrogens is 2. The Balaban J connectivity index is 1.39. The summed E-state index contributed by atoms with van der Waals surface area (Å²) in [6.45, 7) is 7.79. The van der Waals surface area contributed by atoms with Gasteiger partial charge in [0.05, 0.1) is 11.2 Å². The SMILES string of the molecule is CCN1CCN(c2ccc(-c3n[nH]c4cc(-c5ccc(O)cc5)ccc34)cc2)CC1. The fourth-order valence-electron chi connectivity index (χ4n) is 4.23. The van der Waals surface area contributed by atoms with Crippen LogP contribution in [0, 0.1) is 0 Å². The molecule has 0 bridgehead atoms. The van der Waals surface area contributed by atoms with Crippen LogP contribution in [-0.4, -0.2) is 52.9 Å². The zero-order valence-corrected chi connectivity index (χ0v) is 17.2. The van der Waals surface area contributed by atoms with Crippen LogP contribution < -0.4 is 4.90 Å². The molecule has 5 rings (SSSR count). The smallest absolute Gasteiger partial charge is 0.115 e. The average molecular weight is 399 g/mol. The largest absolute Gasteiger partial charge is 0.508 e. The zero-order valence-electron chi connectivity index (χ0n) is 17.2. The number of likely N-dealkylation sites (N-methyl/N-ethyl adjacent to an activating group) is 1. The summed E-state index contributed by atoms with van der Waals surface area (Å²) in [7, 11) is 0. The van der Waals surface area contributed by atoms with Crippen LogP contribution in [0.4, 0.5) is 5.69 Å². The number of piperazine rings is 1. The van der Waals surface area contributed by atoms with Crippen molar-refractivity contribution in [1.82, 2.24) is 15.1 Å². The minimum absolute atomic E-state index is 0.277. The molecule has 3 aromatic carbocycles. The fourth-order valence-corrected chi connectivity index (χ4v) is 4.23. The summed E-state index contributed by atoms with van der Waals surface area (Å²) in [4.78, 5) is 4.95. The summed E-state index contributed by atoms with van der Waals surface area (Å²) < 4.78 is 0. The molecule has 1 aliphatic heterocycles. The topological polar surface area (TPSA) is 55.4 Å². The second kappa shape index (κ2) is 7.84. The molecule has 1 aromatic heterocycles. The highest BCUT2D eigenvalue weighted by Crippen LogP contribution is 2.31. The molecule has 1 saturated heterocycles. The average Bonchev–Trinajstić information content (AvgIpc) is 3.23. The number of hydrogen-bond acceptors (Lipinski definition) is 4. The van der Waals surface area contributed by atoms with Crippen molar-refractivity contribution in [3.8, 4) is 28.1 Å². The lowest BCUT2D eigenvalue weighted by Crippen LogP contribution is -2.46. The van der Waals surface area contributed by atoms with E-state index in [1.807, 2.05) is 12.1 Å². The maximum absolute atomic E-state index is 9.51. The summed E-state index contributed by atoms with van der Waals surface area (Å²) in [5, 5.41) is 18.4. The first kappa shape index (κ1) is 18.7. The van der Waals surface area contributed by atoms with Gasteiger partial charge in [0.2, 0.25) is 0 Å². The number of hydrogen-bond donors (Lipinski definition) is 2. The van der Waals surface area contributed by atoms with Gasteiger partial charge in [0.25, 0.3) is 0 Å². The first-order valence-electron chi connectivity index (χ1n) is 10.6. The molecule has 1 aliphatic rings. The van der Waals surface area contributed by atoms with Gasteiger partial charge < -0.3 is 14.9 Å². The second-order valence-corrected chi connectivity index (χ2v) is 7.85. The molecule has 0 spiro atoms. The Morgan fingerprint density at radius 3 is 2.20 bits per heavy atom.